The summed E-state index contributed by atoms with van der Waals surface area (Å²) in [4.78, 5) is 18.3. The number of unbranched alkanes of at least 4 members (excludes halogenated alkanes) is 8. The minimum Gasteiger partial charge on any atom is -0.388 e. The van der Waals surface area contributed by atoms with Crippen LogP contribution in [0.2, 0.25) is 0 Å². The van der Waals surface area contributed by atoms with Crippen LogP contribution in [0.4, 0.5) is 5.69 Å². The van der Waals surface area contributed by atoms with Gasteiger partial charge in [0.1, 0.15) is 0 Å². The maximum Gasteiger partial charge on any atom is 0.183 e. The van der Waals surface area contributed by atoms with Crippen LogP contribution in [0.15, 0.2) is 35.1 Å². The van der Waals surface area contributed by atoms with E-state index < -0.39 is 0 Å². The zero-order chi connectivity index (χ0) is 19.8. The van der Waals surface area contributed by atoms with Gasteiger partial charge in [-0.2, -0.15) is 0 Å². The maximum atomic E-state index is 12.5. The van der Waals surface area contributed by atoms with Gasteiger partial charge in [0.15, 0.2) is 5.43 Å². The molecule has 4 heteroatoms. The summed E-state index contributed by atoms with van der Waals surface area (Å²) in [7, 11) is 1.91. The first kappa shape index (κ1) is 20.8. The van der Waals surface area contributed by atoms with Crippen LogP contribution in [-0.4, -0.2) is 12.0 Å². The van der Waals surface area contributed by atoms with Crippen molar-refractivity contribution in [3.63, 3.8) is 0 Å². The fourth-order valence-electron chi connectivity index (χ4n) is 3.68. The van der Waals surface area contributed by atoms with Crippen molar-refractivity contribution in [1.29, 1.82) is 0 Å². The van der Waals surface area contributed by atoms with E-state index in [1.807, 2.05) is 25.2 Å². The summed E-state index contributed by atoms with van der Waals surface area (Å²) in [6.45, 7) is 2.26. The average Bonchev–Trinajstić information content (AvgIpc) is 2.71. The highest BCUT2D eigenvalue weighted by molar-refractivity contribution is 7.21. The van der Waals surface area contributed by atoms with Crippen LogP contribution in [0.3, 0.4) is 0 Å². The van der Waals surface area contributed by atoms with Gasteiger partial charge < -0.3 is 5.32 Å². The predicted octanol–water partition coefficient (Wildman–Crippen LogP) is 6.88. The lowest BCUT2D eigenvalue weighted by Gasteiger charge is -2.09. The second-order valence-corrected chi connectivity index (χ2v) is 8.74. The largest absolute Gasteiger partial charge is 0.388 e. The molecule has 1 aliphatic carbocycles. The number of fused-ring (bicyclic) bond motifs is 2. The van der Waals surface area contributed by atoms with Crippen molar-refractivity contribution in [3.8, 4) is 10.6 Å². The monoisotopic (exact) mass is 396 g/mol. The van der Waals surface area contributed by atoms with Crippen molar-refractivity contribution in [1.82, 2.24) is 4.98 Å². The molecule has 0 unspecified atom stereocenters. The Morgan fingerprint density at radius 2 is 1.64 bits per heavy atom. The van der Waals surface area contributed by atoms with E-state index in [4.69, 9.17) is 4.98 Å². The van der Waals surface area contributed by atoms with Gasteiger partial charge in [0.2, 0.25) is 0 Å². The quantitative estimate of drug-likeness (QED) is 0.284. The summed E-state index contributed by atoms with van der Waals surface area (Å²) in [6, 6.07) is 9.97. The van der Waals surface area contributed by atoms with Gasteiger partial charge in [0, 0.05) is 24.4 Å². The zero-order valence-corrected chi connectivity index (χ0v) is 18.0. The number of aryl methyl sites for hydroxylation is 1. The molecule has 1 aliphatic heterocycles. The van der Waals surface area contributed by atoms with Crippen molar-refractivity contribution in [2.75, 3.05) is 12.4 Å². The number of rotatable bonds is 11. The highest BCUT2D eigenvalue weighted by Gasteiger charge is 2.11. The molecule has 2 aliphatic rings. The van der Waals surface area contributed by atoms with Gasteiger partial charge in [-0.05, 0) is 37.1 Å². The van der Waals surface area contributed by atoms with E-state index in [2.05, 4.69) is 18.3 Å². The molecule has 0 atom stereocenters. The molecule has 0 radical (unpaired) electrons. The first-order valence-electron chi connectivity index (χ1n) is 10.8. The van der Waals surface area contributed by atoms with Crippen LogP contribution in [-0.2, 0) is 6.42 Å². The van der Waals surface area contributed by atoms with Gasteiger partial charge in [-0.3, -0.25) is 4.79 Å². The van der Waals surface area contributed by atoms with Crippen LogP contribution in [0.25, 0.3) is 20.8 Å². The summed E-state index contributed by atoms with van der Waals surface area (Å²) in [5, 5.41) is 3.15. The number of anilines is 1. The van der Waals surface area contributed by atoms with Crippen molar-refractivity contribution in [3.05, 3.63) is 46.1 Å². The molecule has 150 valence electrons. The molecule has 0 amide bonds. The Hall–Kier alpha value is -1.94. The van der Waals surface area contributed by atoms with Gasteiger partial charge in [0.05, 0.1) is 20.8 Å². The Morgan fingerprint density at radius 1 is 0.929 bits per heavy atom. The molecule has 0 spiro atoms. The Balaban J connectivity index is 1.58. The van der Waals surface area contributed by atoms with Crippen LogP contribution in [0, 0.1) is 0 Å². The van der Waals surface area contributed by atoms with Gasteiger partial charge in [-0.15, -0.1) is 11.3 Å². The molecule has 0 saturated heterocycles. The van der Waals surface area contributed by atoms with E-state index in [1.165, 1.54) is 51.4 Å². The van der Waals surface area contributed by atoms with E-state index in [-0.39, 0.29) is 5.43 Å². The first-order valence-corrected chi connectivity index (χ1v) is 11.6. The third kappa shape index (κ3) is 5.54. The molecular formula is C24H32N2OS. The standard InChI is InChI=1S/C24H32N2OS/c1-3-4-5-6-7-8-9-10-11-12-18-15-21-24(17-22(18)27)28-23-16-19(25-2)13-14-20(23)26-21/h13-17,25H,3-12H2,1-2H3. The minimum atomic E-state index is 0.161. The van der Waals surface area contributed by atoms with Crippen molar-refractivity contribution in [2.45, 2.75) is 71.1 Å². The third-order valence-electron chi connectivity index (χ3n) is 5.40. The van der Waals surface area contributed by atoms with E-state index in [9.17, 15) is 4.79 Å². The summed E-state index contributed by atoms with van der Waals surface area (Å²) < 4.78 is 1.10. The molecule has 3 nitrogen and oxygen atoms in total. The molecule has 1 N–H and O–H groups in total. The smallest absolute Gasteiger partial charge is 0.183 e. The fourth-order valence-corrected chi connectivity index (χ4v) is 4.69. The molecule has 28 heavy (non-hydrogen) atoms. The highest BCUT2D eigenvalue weighted by Crippen LogP contribution is 2.31. The number of benzene rings is 2. The first-order chi connectivity index (χ1) is 13.7. The van der Waals surface area contributed by atoms with Crippen molar-refractivity contribution in [2.24, 2.45) is 0 Å². The van der Waals surface area contributed by atoms with Crippen molar-refractivity contribution >= 4 is 27.2 Å². The number of aromatic nitrogens is 1. The molecule has 1 heterocycles. The Morgan fingerprint density at radius 3 is 2.36 bits per heavy atom. The lowest BCUT2D eigenvalue weighted by atomic mass is 10.0. The summed E-state index contributed by atoms with van der Waals surface area (Å²) in [5.74, 6) is 0. The maximum absolute atomic E-state index is 12.5. The summed E-state index contributed by atoms with van der Waals surface area (Å²) in [5.41, 5.74) is 4.08. The lowest BCUT2D eigenvalue weighted by Crippen LogP contribution is -2.09. The van der Waals surface area contributed by atoms with Gasteiger partial charge in [-0.25, -0.2) is 4.98 Å². The van der Waals surface area contributed by atoms with E-state index in [0.29, 0.717) is 0 Å². The normalized spacial score (nSPS) is 11.4. The van der Waals surface area contributed by atoms with Gasteiger partial charge >= 0.3 is 0 Å². The molecule has 1 aromatic rings. The van der Waals surface area contributed by atoms with E-state index in [0.717, 1.165) is 44.9 Å². The summed E-state index contributed by atoms with van der Waals surface area (Å²) in [6.07, 6.45) is 12.6. The van der Waals surface area contributed by atoms with E-state index in [1.54, 1.807) is 17.4 Å². The Kier molecular flexibility index (Phi) is 7.84. The van der Waals surface area contributed by atoms with Gasteiger partial charge in [0.25, 0.3) is 0 Å². The van der Waals surface area contributed by atoms with Crippen molar-refractivity contribution < 1.29 is 0 Å². The number of hydrogen-bond donors (Lipinski definition) is 1. The number of hydrogen-bond acceptors (Lipinski definition) is 4. The van der Waals surface area contributed by atoms with E-state index >= 15 is 0 Å². The van der Waals surface area contributed by atoms with Crippen LogP contribution < -0.4 is 10.7 Å². The second-order valence-electron chi connectivity index (χ2n) is 7.65. The Labute approximate surface area is 172 Å². The molecule has 0 bridgehead atoms. The van der Waals surface area contributed by atoms with Gasteiger partial charge in [-0.1, -0.05) is 58.3 Å². The second kappa shape index (κ2) is 10.6. The zero-order valence-electron chi connectivity index (χ0n) is 17.2. The number of nitrogens with one attached hydrogen (secondary N) is 1. The van der Waals surface area contributed by atoms with Crippen LogP contribution >= 0.6 is 11.3 Å². The average molecular weight is 397 g/mol. The minimum absolute atomic E-state index is 0.161. The molecule has 0 fully saturated rings. The van der Waals surface area contributed by atoms with Crippen LogP contribution in [0.5, 0.6) is 0 Å². The molecule has 0 saturated carbocycles. The lowest BCUT2D eigenvalue weighted by molar-refractivity contribution is 0.564. The highest BCUT2D eigenvalue weighted by atomic mass is 32.1. The molecule has 1 aromatic carbocycles. The fraction of sp³-hybridized carbons (Fsp3) is 0.500. The molecular weight excluding hydrogens is 364 g/mol. The predicted molar refractivity (Wildman–Crippen MR) is 123 cm³/mol. The summed E-state index contributed by atoms with van der Waals surface area (Å²) >= 11 is 1.64. The third-order valence-corrected chi connectivity index (χ3v) is 6.49. The Bertz CT molecular complexity index is 918. The SMILES string of the molecule is CCCCCCCCCCCc1cc2nc3ccc(NC)cc3sc-2cc1=O. The topological polar surface area (TPSA) is 42.0 Å². The molecule has 3 rings (SSSR count). The number of nitrogens with zero attached hydrogens (tertiary/aromatic N) is 1. The van der Waals surface area contributed by atoms with Crippen LogP contribution in [0.1, 0.15) is 70.3 Å². The molecule has 0 aromatic heterocycles.